The van der Waals surface area contributed by atoms with Crippen molar-refractivity contribution >= 4 is 11.6 Å². The molecule has 2 aliphatic rings. The van der Waals surface area contributed by atoms with E-state index in [0.29, 0.717) is 37.4 Å². The number of nitrogens with zero attached hydrogens (tertiary/aromatic N) is 5. The minimum atomic E-state index is -0.575. The number of piperidine rings is 1. The third-order valence-electron chi connectivity index (χ3n) is 5.64. The van der Waals surface area contributed by atoms with Gasteiger partial charge in [0.15, 0.2) is 17.2 Å². The first-order valence-electron chi connectivity index (χ1n) is 10.1. The van der Waals surface area contributed by atoms with Crippen LogP contribution >= 0.6 is 0 Å². The van der Waals surface area contributed by atoms with Crippen LogP contribution in [0.1, 0.15) is 47.8 Å². The van der Waals surface area contributed by atoms with Crippen LogP contribution in [0.25, 0.3) is 5.65 Å². The van der Waals surface area contributed by atoms with Gasteiger partial charge >= 0.3 is 0 Å². The zero-order chi connectivity index (χ0) is 19.8. The average Bonchev–Trinajstić information content (AvgIpc) is 3.51. The SMILES string of the molecule is O=C(c1ncccc1F)N1CCC(COc2ccc3nc(C4CC4)cn3n2)CC1. The van der Waals surface area contributed by atoms with Gasteiger partial charge in [0, 0.05) is 31.3 Å². The van der Waals surface area contributed by atoms with Crippen molar-refractivity contribution in [3.8, 4) is 5.88 Å². The molecule has 1 aliphatic heterocycles. The molecule has 1 saturated carbocycles. The van der Waals surface area contributed by atoms with Crippen LogP contribution in [-0.4, -0.2) is 50.1 Å². The summed E-state index contributed by atoms with van der Waals surface area (Å²) in [7, 11) is 0. The Morgan fingerprint density at radius 1 is 1.17 bits per heavy atom. The number of pyridine rings is 1. The van der Waals surface area contributed by atoms with Crippen LogP contribution in [0.5, 0.6) is 5.88 Å². The number of halogens is 1. The highest BCUT2D eigenvalue weighted by Crippen LogP contribution is 2.39. The monoisotopic (exact) mass is 395 g/mol. The lowest BCUT2D eigenvalue weighted by Crippen LogP contribution is -2.40. The highest BCUT2D eigenvalue weighted by Gasteiger charge is 2.27. The van der Waals surface area contributed by atoms with Gasteiger partial charge in [-0.15, -0.1) is 5.10 Å². The third kappa shape index (κ3) is 3.79. The number of ether oxygens (including phenoxy) is 1. The number of hydrogen-bond acceptors (Lipinski definition) is 5. The van der Waals surface area contributed by atoms with Crippen LogP contribution in [-0.2, 0) is 0 Å². The summed E-state index contributed by atoms with van der Waals surface area (Å²) in [6, 6.07) is 6.52. The Balaban J connectivity index is 1.15. The highest BCUT2D eigenvalue weighted by atomic mass is 19.1. The second-order valence-corrected chi connectivity index (χ2v) is 7.79. The van der Waals surface area contributed by atoms with Crippen molar-refractivity contribution in [1.29, 1.82) is 0 Å². The van der Waals surface area contributed by atoms with Crippen molar-refractivity contribution in [2.45, 2.75) is 31.6 Å². The molecule has 1 amide bonds. The van der Waals surface area contributed by atoms with Crippen molar-refractivity contribution in [1.82, 2.24) is 24.5 Å². The molecule has 0 aromatic carbocycles. The first-order chi connectivity index (χ1) is 14.2. The van der Waals surface area contributed by atoms with Crippen LogP contribution in [0.3, 0.4) is 0 Å². The molecular weight excluding hydrogens is 373 g/mol. The molecule has 7 nitrogen and oxygen atoms in total. The van der Waals surface area contributed by atoms with Crippen molar-refractivity contribution in [3.63, 3.8) is 0 Å². The molecule has 4 heterocycles. The summed E-state index contributed by atoms with van der Waals surface area (Å²) in [5, 5.41) is 4.50. The van der Waals surface area contributed by atoms with Crippen molar-refractivity contribution in [3.05, 3.63) is 53.9 Å². The summed E-state index contributed by atoms with van der Waals surface area (Å²) in [6.45, 7) is 1.69. The Morgan fingerprint density at radius 3 is 2.76 bits per heavy atom. The Morgan fingerprint density at radius 2 is 2.00 bits per heavy atom. The normalized spacial score (nSPS) is 17.6. The van der Waals surface area contributed by atoms with E-state index in [1.807, 2.05) is 18.3 Å². The first-order valence-corrected chi connectivity index (χ1v) is 10.1. The molecule has 0 spiro atoms. The van der Waals surface area contributed by atoms with Gasteiger partial charge in [-0.05, 0) is 49.8 Å². The van der Waals surface area contributed by atoms with Crippen LogP contribution in [0, 0.1) is 11.7 Å². The highest BCUT2D eigenvalue weighted by molar-refractivity contribution is 5.92. The molecule has 0 atom stereocenters. The maximum Gasteiger partial charge on any atom is 0.275 e. The molecule has 3 aromatic rings. The lowest BCUT2D eigenvalue weighted by molar-refractivity contribution is 0.0648. The average molecular weight is 395 g/mol. The Kier molecular flexibility index (Phi) is 4.61. The summed E-state index contributed by atoms with van der Waals surface area (Å²) in [5.41, 5.74) is 1.84. The zero-order valence-corrected chi connectivity index (χ0v) is 16.0. The van der Waals surface area contributed by atoms with E-state index in [-0.39, 0.29) is 11.6 Å². The smallest absolute Gasteiger partial charge is 0.275 e. The number of aromatic nitrogens is 4. The van der Waals surface area contributed by atoms with Crippen LogP contribution in [0.2, 0.25) is 0 Å². The Hall–Kier alpha value is -3.03. The molecule has 150 valence electrons. The molecule has 5 rings (SSSR count). The van der Waals surface area contributed by atoms with Crippen LogP contribution < -0.4 is 4.74 Å². The molecule has 2 fully saturated rings. The number of amides is 1. The molecule has 8 heteroatoms. The van der Waals surface area contributed by atoms with Crippen LogP contribution in [0.4, 0.5) is 4.39 Å². The molecule has 0 unspecified atom stereocenters. The van der Waals surface area contributed by atoms with Gasteiger partial charge in [-0.2, -0.15) is 0 Å². The number of imidazole rings is 1. The predicted octanol–water partition coefficient (Wildman–Crippen LogP) is 3.07. The molecule has 0 bridgehead atoms. The summed E-state index contributed by atoms with van der Waals surface area (Å²) in [5.74, 6) is 0.574. The minimum Gasteiger partial charge on any atom is -0.476 e. The molecule has 1 aliphatic carbocycles. The largest absolute Gasteiger partial charge is 0.476 e. The predicted molar refractivity (Wildman–Crippen MR) is 103 cm³/mol. The first kappa shape index (κ1) is 18.0. The van der Waals surface area contributed by atoms with E-state index < -0.39 is 5.82 Å². The van der Waals surface area contributed by atoms with Crippen molar-refractivity contribution in [2.24, 2.45) is 5.92 Å². The van der Waals surface area contributed by atoms with Gasteiger partial charge in [0.1, 0.15) is 0 Å². The van der Waals surface area contributed by atoms with Gasteiger partial charge in [-0.3, -0.25) is 4.79 Å². The van der Waals surface area contributed by atoms with E-state index in [9.17, 15) is 9.18 Å². The molecular formula is C21H22FN5O2. The molecule has 0 radical (unpaired) electrons. The summed E-state index contributed by atoms with van der Waals surface area (Å²) in [6.07, 6.45) is 7.46. The number of rotatable bonds is 5. The minimum absolute atomic E-state index is 0.106. The van der Waals surface area contributed by atoms with E-state index >= 15 is 0 Å². The number of fused-ring (bicyclic) bond motifs is 1. The fourth-order valence-corrected chi connectivity index (χ4v) is 3.73. The van der Waals surface area contributed by atoms with Gasteiger partial charge < -0.3 is 9.64 Å². The van der Waals surface area contributed by atoms with Crippen molar-refractivity contribution < 1.29 is 13.9 Å². The van der Waals surface area contributed by atoms with Crippen molar-refractivity contribution in [2.75, 3.05) is 19.7 Å². The number of hydrogen-bond donors (Lipinski definition) is 0. The second-order valence-electron chi connectivity index (χ2n) is 7.79. The van der Waals surface area contributed by atoms with Gasteiger partial charge in [0.25, 0.3) is 5.91 Å². The molecule has 0 N–H and O–H groups in total. The van der Waals surface area contributed by atoms with E-state index in [1.165, 1.54) is 31.2 Å². The lowest BCUT2D eigenvalue weighted by Gasteiger charge is -2.31. The second kappa shape index (κ2) is 7.42. The maximum absolute atomic E-state index is 13.8. The van der Waals surface area contributed by atoms with Gasteiger partial charge in [0.05, 0.1) is 18.5 Å². The van der Waals surface area contributed by atoms with E-state index in [0.717, 1.165) is 24.2 Å². The lowest BCUT2D eigenvalue weighted by atomic mass is 9.97. The summed E-state index contributed by atoms with van der Waals surface area (Å²) in [4.78, 5) is 22.6. The number of carbonyl (C=O) groups is 1. The van der Waals surface area contributed by atoms with E-state index in [4.69, 9.17) is 4.74 Å². The molecule has 29 heavy (non-hydrogen) atoms. The third-order valence-corrected chi connectivity index (χ3v) is 5.64. The number of carbonyl (C=O) groups excluding carboxylic acids is 1. The van der Waals surface area contributed by atoms with Gasteiger partial charge in [-0.1, -0.05) is 0 Å². The Labute approximate surface area is 167 Å². The van der Waals surface area contributed by atoms with E-state index in [2.05, 4.69) is 15.1 Å². The fourth-order valence-electron chi connectivity index (χ4n) is 3.73. The summed E-state index contributed by atoms with van der Waals surface area (Å²) >= 11 is 0. The van der Waals surface area contributed by atoms with Gasteiger partial charge in [0.2, 0.25) is 5.88 Å². The number of likely N-dealkylation sites (tertiary alicyclic amines) is 1. The Bertz CT molecular complexity index is 1040. The quantitative estimate of drug-likeness (QED) is 0.664. The maximum atomic E-state index is 13.8. The standard InChI is InChI=1S/C21H22FN5O2/c22-16-2-1-9-23-20(16)21(28)26-10-7-14(8-11-26)13-29-19-6-5-18-24-17(15-3-4-15)12-27(18)25-19/h1-2,5-6,9,12,14-15H,3-4,7-8,10-11,13H2. The van der Waals surface area contributed by atoms with E-state index in [1.54, 1.807) is 9.42 Å². The fraction of sp³-hybridized carbons (Fsp3) is 0.429. The van der Waals surface area contributed by atoms with Gasteiger partial charge in [-0.25, -0.2) is 18.9 Å². The van der Waals surface area contributed by atoms with Crippen LogP contribution in [0.15, 0.2) is 36.7 Å². The molecule has 1 saturated heterocycles. The topological polar surface area (TPSA) is 72.6 Å². The summed E-state index contributed by atoms with van der Waals surface area (Å²) < 4.78 is 21.5. The zero-order valence-electron chi connectivity index (χ0n) is 16.0. The molecule has 3 aromatic heterocycles.